The third-order valence-corrected chi connectivity index (χ3v) is 13.6. The van der Waals surface area contributed by atoms with Crippen LogP contribution in [0, 0.1) is 0 Å². The van der Waals surface area contributed by atoms with Crippen LogP contribution in [0.25, 0.3) is 0 Å². The molecule has 0 saturated carbocycles. The molecule has 0 aromatic rings. The van der Waals surface area contributed by atoms with E-state index in [9.17, 15) is 19.5 Å². The van der Waals surface area contributed by atoms with Crippen LogP contribution in [0.15, 0.2) is 24.3 Å². The van der Waals surface area contributed by atoms with Crippen molar-refractivity contribution in [3.63, 3.8) is 0 Å². The molecule has 400 valence electrons. The molecule has 0 aromatic carbocycles. The van der Waals surface area contributed by atoms with E-state index in [4.69, 9.17) is 14.2 Å². The summed E-state index contributed by atoms with van der Waals surface area (Å²) in [5, 5.41) is 9.68. The van der Waals surface area contributed by atoms with Gasteiger partial charge in [0.2, 0.25) is 0 Å². The van der Waals surface area contributed by atoms with Crippen LogP contribution < -0.4 is 0 Å². The van der Waals surface area contributed by atoms with Gasteiger partial charge in [-0.3, -0.25) is 9.59 Å². The standard InChI is InChI=1S/C60H113NO7/c1-6-8-10-12-14-16-18-20-22-24-26-28-29-31-33-35-37-39-41-43-45-47-49-51-59(63)68-56(54-66-53-52-57(60(64)65)61(3,4)5)55-67-58(62)50-48-46-44-42-40-38-36-34-32-30-27-25-23-21-19-17-15-13-11-9-7-2/h24-27,56-57H,6-23,28-55H2,1-5H3/p+1/b26-24-,27-25-. The second-order valence-corrected chi connectivity index (χ2v) is 21.2. The van der Waals surface area contributed by atoms with Gasteiger partial charge in [-0.05, 0) is 64.2 Å². The molecule has 2 unspecified atom stereocenters. The maximum atomic E-state index is 12.8. The van der Waals surface area contributed by atoms with Crippen molar-refractivity contribution >= 4 is 17.9 Å². The minimum atomic E-state index is -0.871. The highest BCUT2D eigenvalue weighted by Crippen LogP contribution is 2.17. The lowest BCUT2D eigenvalue weighted by Gasteiger charge is -2.31. The fourth-order valence-electron chi connectivity index (χ4n) is 9.03. The van der Waals surface area contributed by atoms with Gasteiger partial charge in [-0.25, -0.2) is 4.79 Å². The average Bonchev–Trinajstić information content (AvgIpc) is 3.30. The maximum absolute atomic E-state index is 12.8. The maximum Gasteiger partial charge on any atom is 0.362 e. The number of esters is 2. The Bertz CT molecular complexity index is 1160. The number of nitrogens with zero attached hydrogens (tertiary/aromatic N) is 1. The van der Waals surface area contributed by atoms with Crippen LogP contribution in [0.2, 0.25) is 0 Å². The number of likely N-dealkylation sites (N-methyl/N-ethyl adjacent to an activating group) is 1. The first-order valence-corrected chi connectivity index (χ1v) is 29.4. The van der Waals surface area contributed by atoms with Crippen molar-refractivity contribution in [2.75, 3.05) is 41.0 Å². The zero-order chi connectivity index (χ0) is 49.9. The lowest BCUT2D eigenvalue weighted by Crippen LogP contribution is -2.50. The molecule has 0 amide bonds. The van der Waals surface area contributed by atoms with Crippen LogP contribution in [0.5, 0.6) is 0 Å². The molecule has 2 atom stereocenters. The first kappa shape index (κ1) is 65.8. The fourth-order valence-corrected chi connectivity index (χ4v) is 9.03. The van der Waals surface area contributed by atoms with Gasteiger partial charge in [0.15, 0.2) is 12.1 Å². The van der Waals surface area contributed by atoms with Gasteiger partial charge in [0.25, 0.3) is 0 Å². The summed E-state index contributed by atoms with van der Waals surface area (Å²) in [4.78, 5) is 37.3. The molecule has 0 spiro atoms. The molecule has 0 aliphatic carbocycles. The highest BCUT2D eigenvalue weighted by atomic mass is 16.6. The highest BCUT2D eigenvalue weighted by molar-refractivity contribution is 5.72. The SMILES string of the molecule is CCCCCCCCCC/C=C\CCCCCCCCCCCCCC(=O)OC(COCCC(C(=O)O)[N+](C)(C)C)COC(=O)CCCCCCCCCCC/C=C\CCCCCCCCCC. The first-order chi connectivity index (χ1) is 33.1. The Kier molecular flexibility index (Phi) is 49.5. The number of aliphatic carboxylic acids is 1. The van der Waals surface area contributed by atoms with Gasteiger partial charge < -0.3 is 23.8 Å². The summed E-state index contributed by atoms with van der Waals surface area (Å²) >= 11 is 0. The van der Waals surface area contributed by atoms with E-state index in [1.54, 1.807) is 0 Å². The molecule has 0 fully saturated rings. The van der Waals surface area contributed by atoms with Crippen LogP contribution in [0.3, 0.4) is 0 Å². The van der Waals surface area contributed by atoms with Crippen LogP contribution in [0.1, 0.15) is 290 Å². The molecule has 0 aliphatic heterocycles. The minimum Gasteiger partial charge on any atom is -0.477 e. The van der Waals surface area contributed by atoms with Crippen molar-refractivity contribution in [2.24, 2.45) is 0 Å². The second-order valence-electron chi connectivity index (χ2n) is 21.2. The third-order valence-electron chi connectivity index (χ3n) is 13.6. The van der Waals surface area contributed by atoms with Gasteiger partial charge >= 0.3 is 17.9 Å². The topological polar surface area (TPSA) is 99.1 Å². The lowest BCUT2D eigenvalue weighted by atomic mass is 10.0. The number of hydrogen-bond donors (Lipinski definition) is 1. The highest BCUT2D eigenvalue weighted by Gasteiger charge is 2.31. The van der Waals surface area contributed by atoms with Crippen molar-refractivity contribution in [1.82, 2.24) is 0 Å². The Morgan fingerprint density at radius 3 is 1.06 bits per heavy atom. The number of carboxylic acids is 1. The fraction of sp³-hybridized carbons (Fsp3) is 0.883. The van der Waals surface area contributed by atoms with Crippen LogP contribution >= 0.6 is 0 Å². The van der Waals surface area contributed by atoms with Gasteiger partial charge in [-0.1, -0.05) is 231 Å². The zero-order valence-corrected chi connectivity index (χ0v) is 45.8. The monoisotopic (exact) mass is 961 g/mol. The third kappa shape index (κ3) is 48.8. The summed E-state index contributed by atoms with van der Waals surface area (Å²) in [6.45, 7) is 4.79. The smallest absolute Gasteiger partial charge is 0.362 e. The van der Waals surface area contributed by atoms with Gasteiger partial charge in [0, 0.05) is 19.3 Å². The number of carboxylic acid groups (broad SMARTS) is 1. The predicted octanol–water partition coefficient (Wildman–Crippen LogP) is 17.5. The molecule has 0 heterocycles. The summed E-state index contributed by atoms with van der Waals surface area (Å²) in [5.74, 6) is -1.45. The van der Waals surface area contributed by atoms with Gasteiger partial charge in [0.05, 0.1) is 34.4 Å². The summed E-state index contributed by atoms with van der Waals surface area (Å²) in [7, 11) is 5.55. The number of quaternary nitrogens is 1. The van der Waals surface area contributed by atoms with E-state index in [-0.39, 0.29) is 36.2 Å². The molecular weight excluding hydrogens is 847 g/mol. The summed E-state index contributed by atoms with van der Waals surface area (Å²) in [6, 6.07) is -0.614. The van der Waals surface area contributed by atoms with Crippen molar-refractivity contribution < 1.29 is 38.2 Å². The molecule has 0 aromatic heterocycles. The Hall–Kier alpha value is -2.19. The Morgan fingerprint density at radius 1 is 0.426 bits per heavy atom. The van der Waals surface area contributed by atoms with Crippen molar-refractivity contribution in [3.05, 3.63) is 24.3 Å². The first-order valence-electron chi connectivity index (χ1n) is 29.4. The summed E-state index contributed by atoms with van der Waals surface area (Å²) in [6.07, 6.45) is 61.0. The number of carbonyl (C=O) groups is 3. The summed E-state index contributed by atoms with van der Waals surface area (Å²) < 4.78 is 17.4. The van der Waals surface area contributed by atoms with Gasteiger partial charge in [0.1, 0.15) is 6.61 Å². The van der Waals surface area contributed by atoms with Crippen molar-refractivity contribution in [2.45, 2.75) is 302 Å². The molecule has 0 radical (unpaired) electrons. The molecular formula is C60H114NO7+. The minimum absolute atomic E-state index is 0.0479. The van der Waals surface area contributed by atoms with E-state index >= 15 is 0 Å². The molecule has 8 heteroatoms. The molecule has 0 bridgehead atoms. The molecule has 0 saturated heterocycles. The van der Waals surface area contributed by atoms with Crippen LogP contribution in [-0.4, -0.2) is 80.6 Å². The Balaban J connectivity index is 4.14. The second kappa shape index (κ2) is 51.2. The molecule has 0 rings (SSSR count). The van der Waals surface area contributed by atoms with Crippen LogP contribution in [0.4, 0.5) is 0 Å². The number of allylic oxidation sites excluding steroid dienone is 4. The summed E-state index contributed by atoms with van der Waals surface area (Å²) in [5.41, 5.74) is 0. The van der Waals surface area contributed by atoms with E-state index in [1.807, 2.05) is 21.1 Å². The Morgan fingerprint density at radius 2 is 0.735 bits per heavy atom. The van der Waals surface area contributed by atoms with E-state index in [2.05, 4.69) is 38.2 Å². The van der Waals surface area contributed by atoms with Crippen LogP contribution in [-0.2, 0) is 28.6 Å². The van der Waals surface area contributed by atoms with E-state index in [0.29, 0.717) is 19.3 Å². The molecule has 0 aliphatic rings. The van der Waals surface area contributed by atoms with Gasteiger partial charge in [-0.15, -0.1) is 0 Å². The predicted molar refractivity (Wildman–Crippen MR) is 289 cm³/mol. The molecule has 1 N–H and O–H groups in total. The van der Waals surface area contributed by atoms with Gasteiger partial charge in [-0.2, -0.15) is 0 Å². The average molecular weight is 962 g/mol. The molecule has 68 heavy (non-hydrogen) atoms. The number of unbranched alkanes of at least 4 members (excludes halogenated alkanes) is 36. The lowest BCUT2D eigenvalue weighted by molar-refractivity contribution is -0.887. The number of rotatable bonds is 54. The van der Waals surface area contributed by atoms with Crippen molar-refractivity contribution in [1.29, 1.82) is 0 Å². The molecule has 8 nitrogen and oxygen atoms in total. The Labute approximate surface area is 421 Å². The van der Waals surface area contributed by atoms with E-state index in [0.717, 1.165) is 38.5 Å². The van der Waals surface area contributed by atoms with E-state index in [1.165, 1.54) is 218 Å². The number of ether oxygens (including phenoxy) is 3. The number of carbonyl (C=O) groups excluding carboxylic acids is 2. The number of hydrogen-bond acceptors (Lipinski definition) is 6. The quantitative estimate of drug-likeness (QED) is 0.0281. The van der Waals surface area contributed by atoms with E-state index < -0.39 is 18.1 Å². The largest absolute Gasteiger partial charge is 0.477 e. The van der Waals surface area contributed by atoms with Crippen molar-refractivity contribution in [3.8, 4) is 0 Å². The zero-order valence-electron chi connectivity index (χ0n) is 45.8. The normalized spacial score (nSPS) is 12.9.